The van der Waals surface area contributed by atoms with Gasteiger partial charge >= 0.3 is 0 Å². The number of carbonyl (C=O) groups excluding carboxylic acids is 1. The van der Waals surface area contributed by atoms with Crippen LogP contribution in [0.1, 0.15) is 5.56 Å². The summed E-state index contributed by atoms with van der Waals surface area (Å²) in [6.07, 6.45) is 3.16. The maximum absolute atomic E-state index is 11.8. The third kappa shape index (κ3) is 4.11. The molecular formula is C15H12BrClN2O. The first kappa shape index (κ1) is 14.6. The minimum atomic E-state index is -0.226. The second-order valence-corrected chi connectivity index (χ2v) is 5.41. The number of anilines is 2. The van der Waals surface area contributed by atoms with E-state index in [0.717, 1.165) is 10.0 Å². The molecule has 0 saturated carbocycles. The van der Waals surface area contributed by atoms with Crippen molar-refractivity contribution in [3.05, 3.63) is 63.6 Å². The van der Waals surface area contributed by atoms with Gasteiger partial charge in [-0.05, 0) is 57.9 Å². The number of carbonyl (C=O) groups is 1. The van der Waals surface area contributed by atoms with E-state index >= 15 is 0 Å². The summed E-state index contributed by atoms with van der Waals surface area (Å²) in [6.45, 7) is 0. The fourth-order valence-electron chi connectivity index (χ4n) is 1.60. The Morgan fingerprint density at radius 1 is 1.25 bits per heavy atom. The van der Waals surface area contributed by atoms with Gasteiger partial charge in [-0.15, -0.1) is 0 Å². The van der Waals surface area contributed by atoms with Gasteiger partial charge in [0.1, 0.15) is 0 Å². The number of halogens is 2. The monoisotopic (exact) mass is 350 g/mol. The molecule has 0 radical (unpaired) electrons. The number of rotatable bonds is 3. The highest BCUT2D eigenvalue weighted by Crippen LogP contribution is 2.25. The van der Waals surface area contributed by atoms with Crippen LogP contribution in [0.5, 0.6) is 0 Å². The Balaban J connectivity index is 2.05. The molecule has 1 amide bonds. The van der Waals surface area contributed by atoms with E-state index in [0.29, 0.717) is 16.4 Å². The van der Waals surface area contributed by atoms with Crippen LogP contribution in [0.15, 0.2) is 53.0 Å². The number of benzene rings is 2. The molecule has 2 rings (SSSR count). The molecule has 0 aliphatic rings. The molecular weight excluding hydrogens is 340 g/mol. The highest BCUT2D eigenvalue weighted by Gasteiger charge is 2.03. The van der Waals surface area contributed by atoms with Crippen LogP contribution in [0, 0.1) is 0 Å². The van der Waals surface area contributed by atoms with Crippen molar-refractivity contribution >= 4 is 50.9 Å². The molecule has 0 spiro atoms. The van der Waals surface area contributed by atoms with Crippen LogP contribution in [0.3, 0.4) is 0 Å². The smallest absolute Gasteiger partial charge is 0.248 e. The Kier molecular flexibility index (Phi) is 4.82. The number of hydrogen-bond acceptors (Lipinski definition) is 2. The minimum absolute atomic E-state index is 0.226. The van der Waals surface area contributed by atoms with E-state index in [-0.39, 0.29) is 5.91 Å². The quantitative estimate of drug-likeness (QED) is 0.638. The molecule has 3 N–H and O–H groups in total. The normalized spacial score (nSPS) is 10.7. The molecule has 20 heavy (non-hydrogen) atoms. The van der Waals surface area contributed by atoms with Crippen LogP contribution in [0.2, 0.25) is 5.02 Å². The predicted molar refractivity (Wildman–Crippen MR) is 87.7 cm³/mol. The first-order chi connectivity index (χ1) is 9.54. The van der Waals surface area contributed by atoms with Crippen LogP contribution < -0.4 is 11.1 Å². The van der Waals surface area contributed by atoms with Crippen LogP contribution >= 0.6 is 27.5 Å². The summed E-state index contributed by atoms with van der Waals surface area (Å²) in [5.74, 6) is -0.226. The molecule has 5 heteroatoms. The number of nitrogens with two attached hydrogens (primary N) is 1. The summed E-state index contributed by atoms with van der Waals surface area (Å²) in [7, 11) is 0. The van der Waals surface area contributed by atoms with Crippen molar-refractivity contribution in [3.63, 3.8) is 0 Å². The third-order valence-electron chi connectivity index (χ3n) is 2.53. The Morgan fingerprint density at radius 3 is 2.75 bits per heavy atom. The molecule has 0 bridgehead atoms. The molecule has 2 aromatic rings. The Labute approximate surface area is 130 Å². The minimum Gasteiger partial charge on any atom is -0.399 e. The van der Waals surface area contributed by atoms with Crippen molar-refractivity contribution in [2.24, 2.45) is 0 Å². The molecule has 0 aliphatic heterocycles. The summed E-state index contributed by atoms with van der Waals surface area (Å²) in [4.78, 5) is 11.8. The molecule has 0 saturated heterocycles. The fraction of sp³-hybridized carbons (Fsp3) is 0. The molecule has 102 valence electrons. The number of nitrogen functional groups attached to an aromatic ring is 1. The van der Waals surface area contributed by atoms with Crippen molar-refractivity contribution in [1.82, 2.24) is 0 Å². The molecule has 3 nitrogen and oxygen atoms in total. The summed E-state index contributed by atoms with van der Waals surface area (Å²) in [5.41, 5.74) is 7.86. The number of nitrogens with one attached hydrogen (secondary N) is 1. The lowest BCUT2D eigenvalue weighted by Crippen LogP contribution is -2.08. The van der Waals surface area contributed by atoms with E-state index in [1.165, 1.54) is 6.08 Å². The van der Waals surface area contributed by atoms with Crippen molar-refractivity contribution in [3.8, 4) is 0 Å². The summed E-state index contributed by atoms with van der Waals surface area (Å²) in [6, 6.07) is 12.5. The maximum atomic E-state index is 11.8. The fourth-order valence-corrected chi connectivity index (χ4v) is 2.38. The lowest BCUT2D eigenvalue weighted by molar-refractivity contribution is -0.111. The molecule has 0 aliphatic carbocycles. The summed E-state index contributed by atoms with van der Waals surface area (Å²) >= 11 is 9.18. The summed E-state index contributed by atoms with van der Waals surface area (Å²) < 4.78 is 0.732. The van der Waals surface area contributed by atoms with E-state index < -0.39 is 0 Å². The zero-order chi connectivity index (χ0) is 14.5. The molecule has 0 aromatic heterocycles. The van der Waals surface area contributed by atoms with Crippen LogP contribution in [0.25, 0.3) is 6.08 Å². The van der Waals surface area contributed by atoms with Crippen molar-refractivity contribution in [1.29, 1.82) is 0 Å². The van der Waals surface area contributed by atoms with E-state index in [2.05, 4.69) is 21.2 Å². The number of amides is 1. The van der Waals surface area contributed by atoms with Gasteiger partial charge in [-0.2, -0.15) is 0 Å². The van der Waals surface area contributed by atoms with Gasteiger partial charge in [0.25, 0.3) is 0 Å². The predicted octanol–water partition coefficient (Wildman–Crippen LogP) is 4.34. The molecule has 0 unspecified atom stereocenters. The highest BCUT2D eigenvalue weighted by atomic mass is 79.9. The van der Waals surface area contributed by atoms with Crippen molar-refractivity contribution < 1.29 is 4.79 Å². The van der Waals surface area contributed by atoms with E-state index in [4.69, 9.17) is 17.3 Å². The second kappa shape index (κ2) is 6.59. The second-order valence-electron chi connectivity index (χ2n) is 4.12. The largest absolute Gasteiger partial charge is 0.399 e. The molecule has 0 atom stereocenters. The van der Waals surface area contributed by atoms with Gasteiger partial charge < -0.3 is 11.1 Å². The average molecular weight is 352 g/mol. The molecule has 2 aromatic carbocycles. The van der Waals surface area contributed by atoms with Gasteiger partial charge in [0.05, 0.1) is 5.69 Å². The van der Waals surface area contributed by atoms with Gasteiger partial charge in [0.15, 0.2) is 0 Å². The molecule has 0 fully saturated rings. The third-order valence-corrected chi connectivity index (χ3v) is 3.42. The van der Waals surface area contributed by atoms with Crippen LogP contribution in [0.4, 0.5) is 11.4 Å². The first-order valence-electron chi connectivity index (χ1n) is 5.84. The summed E-state index contributed by atoms with van der Waals surface area (Å²) in [5, 5.41) is 3.36. The van der Waals surface area contributed by atoms with E-state index in [9.17, 15) is 4.79 Å². The van der Waals surface area contributed by atoms with Crippen LogP contribution in [-0.2, 0) is 4.79 Å². The Hall–Kier alpha value is -1.78. The van der Waals surface area contributed by atoms with Crippen molar-refractivity contribution in [2.45, 2.75) is 0 Å². The van der Waals surface area contributed by atoms with Crippen LogP contribution in [-0.4, -0.2) is 5.91 Å². The maximum Gasteiger partial charge on any atom is 0.248 e. The lowest BCUT2D eigenvalue weighted by Gasteiger charge is -2.05. The van der Waals surface area contributed by atoms with E-state index in [1.54, 1.807) is 36.4 Å². The average Bonchev–Trinajstić information content (AvgIpc) is 2.40. The SMILES string of the molecule is Nc1cccc(/C=C/C(=O)Nc2ccc(Cl)cc2Br)c1. The van der Waals surface area contributed by atoms with Gasteiger partial charge in [-0.25, -0.2) is 0 Å². The van der Waals surface area contributed by atoms with Gasteiger partial charge in [-0.1, -0.05) is 23.7 Å². The zero-order valence-corrected chi connectivity index (χ0v) is 12.8. The first-order valence-corrected chi connectivity index (χ1v) is 7.01. The topological polar surface area (TPSA) is 55.1 Å². The zero-order valence-electron chi connectivity index (χ0n) is 10.4. The highest BCUT2D eigenvalue weighted by molar-refractivity contribution is 9.10. The Bertz CT molecular complexity index is 671. The van der Waals surface area contributed by atoms with Crippen molar-refractivity contribution in [2.75, 3.05) is 11.1 Å². The Morgan fingerprint density at radius 2 is 2.05 bits per heavy atom. The molecule has 0 heterocycles. The van der Waals surface area contributed by atoms with E-state index in [1.807, 2.05) is 12.1 Å². The van der Waals surface area contributed by atoms with Gasteiger partial charge in [0.2, 0.25) is 5.91 Å². The van der Waals surface area contributed by atoms with Gasteiger partial charge in [0, 0.05) is 21.3 Å². The van der Waals surface area contributed by atoms with Gasteiger partial charge in [-0.3, -0.25) is 4.79 Å². The standard InChI is InChI=1S/C15H12BrClN2O/c16-13-9-11(17)5-6-14(13)19-15(20)7-4-10-2-1-3-12(18)8-10/h1-9H,18H2,(H,19,20)/b7-4+. The lowest BCUT2D eigenvalue weighted by atomic mass is 10.2. The number of hydrogen-bond donors (Lipinski definition) is 2.